The van der Waals surface area contributed by atoms with E-state index < -0.39 is 0 Å². The molecule has 1 heterocycles. The first-order valence-electron chi connectivity index (χ1n) is 7.26. The number of methoxy groups -OCH3 is 1. The van der Waals surface area contributed by atoms with E-state index in [1.54, 1.807) is 12.7 Å². The number of fused-ring (bicyclic) bond motifs is 1. The fourth-order valence-electron chi connectivity index (χ4n) is 3.64. The van der Waals surface area contributed by atoms with E-state index in [1.807, 2.05) is 0 Å². The van der Waals surface area contributed by atoms with Gasteiger partial charge in [0, 0.05) is 13.1 Å². The maximum atomic E-state index is 5.40. The van der Waals surface area contributed by atoms with E-state index in [2.05, 4.69) is 23.5 Å². The van der Waals surface area contributed by atoms with Crippen molar-refractivity contribution in [2.45, 2.75) is 44.6 Å². The van der Waals surface area contributed by atoms with Crippen LogP contribution in [0.25, 0.3) is 0 Å². The van der Waals surface area contributed by atoms with Gasteiger partial charge in [0.15, 0.2) is 0 Å². The van der Waals surface area contributed by atoms with Gasteiger partial charge in [0.2, 0.25) is 0 Å². The Morgan fingerprint density at radius 2 is 2.00 bits per heavy atom. The van der Waals surface area contributed by atoms with Gasteiger partial charge in [-0.1, -0.05) is 25.3 Å². The molecule has 1 fully saturated rings. The van der Waals surface area contributed by atoms with Gasteiger partial charge >= 0.3 is 0 Å². The summed E-state index contributed by atoms with van der Waals surface area (Å²) >= 11 is 0. The molecule has 1 aromatic rings. The molecule has 1 aliphatic heterocycles. The average molecular weight is 245 g/mol. The zero-order valence-electron chi connectivity index (χ0n) is 11.2. The van der Waals surface area contributed by atoms with E-state index in [9.17, 15) is 0 Å². The quantitative estimate of drug-likeness (QED) is 0.861. The Morgan fingerprint density at radius 1 is 1.17 bits per heavy atom. The predicted octanol–water partition coefficient (Wildman–Crippen LogP) is 3.46. The third kappa shape index (κ3) is 2.26. The van der Waals surface area contributed by atoms with Crippen LogP contribution in [-0.2, 0) is 6.54 Å². The van der Waals surface area contributed by atoms with Gasteiger partial charge in [-0.05, 0) is 47.9 Å². The van der Waals surface area contributed by atoms with Gasteiger partial charge in [0.05, 0.1) is 7.11 Å². The Bertz CT molecular complexity index is 410. The molecule has 0 bridgehead atoms. The highest BCUT2D eigenvalue weighted by atomic mass is 16.5. The summed E-state index contributed by atoms with van der Waals surface area (Å²) in [5.41, 5.74) is 3.01. The predicted molar refractivity (Wildman–Crippen MR) is 74.0 cm³/mol. The number of rotatable bonds is 2. The lowest BCUT2D eigenvalue weighted by Crippen LogP contribution is -2.33. The molecule has 2 aliphatic rings. The molecular formula is C16H23NO. The average Bonchev–Trinajstić information content (AvgIpc) is 2.47. The van der Waals surface area contributed by atoms with Crippen molar-refractivity contribution in [2.75, 3.05) is 13.7 Å². The maximum absolute atomic E-state index is 5.40. The molecule has 98 valence electrons. The number of benzene rings is 1. The third-order valence-electron chi connectivity index (χ3n) is 4.65. The summed E-state index contributed by atoms with van der Waals surface area (Å²) in [6.45, 7) is 2.16. The van der Waals surface area contributed by atoms with Gasteiger partial charge < -0.3 is 10.1 Å². The van der Waals surface area contributed by atoms with Crippen LogP contribution >= 0.6 is 0 Å². The number of hydrogen-bond acceptors (Lipinski definition) is 2. The van der Waals surface area contributed by atoms with E-state index in [1.165, 1.54) is 37.7 Å². The number of ether oxygens (including phenoxy) is 1. The van der Waals surface area contributed by atoms with Crippen LogP contribution in [0.15, 0.2) is 18.2 Å². The minimum atomic E-state index is 0.698. The summed E-state index contributed by atoms with van der Waals surface area (Å²) in [6, 6.07) is 6.59. The molecule has 1 aromatic carbocycles. The first kappa shape index (κ1) is 12.0. The monoisotopic (exact) mass is 245 g/mol. The second kappa shape index (κ2) is 5.31. The van der Waals surface area contributed by atoms with Crippen molar-refractivity contribution in [3.8, 4) is 5.75 Å². The Kier molecular flexibility index (Phi) is 3.55. The molecule has 2 heteroatoms. The van der Waals surface area contributed by atoms with Crippen LogP contribution in [0.1, 0.15) is 49.1 Å². The van der Waals surface area contributed by atoms with E-state index in [-0.39, 0.29) is 0 Å². The fraction of sp³-hybridized carbons (Fsp3) is 0.625. The minimum absolute atomic E-state index is 0.698. The van der Waals surface area contributed by atoms with Crippen molar-refractivity contribution in [1.29, 1.82) is 0 Å². The first-order chi connectivity index (χ1) is 8.88. The summed E-state index contributed by atoms with van der Waals surface area (Å²) < 4.78 is 5.40. The van der Waals surface area contributed by atoms with Crippen molar-refractivity contribution < 1.29 is 4.74 Å². The van der Waals surface area contributed by atoms with Gasteiger partial charge in [-0.15, -0.1) is 0 Å². The molecule has 0 amide bonds. The normalized spacial score (nSPS) is 24.6. The molecule has 0 spiro atoms. The van der Waals surface area contributed by atoms with Crippen molar-refractivity contribution in [3.05, 3.63) is 29.3 Å². The molecule has 2 nitrogen and oxygen atoms in total. The Hall–Kier alpha value is -1.02. The molecule has 0 radical (unpaired) electrons. The smallest absolute Gasteiger partial charge is 0.119 e. The van der Waals surface area contributed by atoms with Crippen molar-refractivity contribution >= 4 is 0 Å². The molecule has 1 unspecified atom stereocenters. The van der Waals surface area contributed by atoms with Gasteiger partial charge in [0.1, 0.15) is 5.75 Å². The van der Waals surface area contributed by atoms with Crippen LogP contribution < -0.4 is 10.1 Å². The zero-order valence-corrected chi connectivity index (χ0v) is 11.2. The molecule has 1 saturated carbocycles. The second-order valence-electron chi connectivity index (χ2n) is 5.70. The van der Waals surface area contributed by atoms with Gasteiger partial charge in [-0.2, -0.15) is 0 Å². The first-order valence-corrected chi connectivity index (χ1v) is 7.26. The van der Waals surface area contributed by atoms with Crippen LogP contribution in [0.3, 0.4) is 0 Å². The number of hydrogen-bond donors (Lipinski definition) is 1. The van der Waals surface area contributed by atoms with Crippen LogP contribution in [0.5, 0.6) is 5.75 Å². The van der Waals surface area contributed by atoms with Crippen molar-refractivity contribution in [2.24, 2.45) is 5.92 Å². The summed E-state index contributed by atoms with van der Waals surface area (Å²) in [4.78, 5) is 0. The highest BCUT2D eigenvalue weighted by Crippen LogP contribution is 2.39. The molecule has 0 aromatic heterocycles. The molecule has 3 rings (SSSR count). The summed E-state index contributed by atoms with van der Waals surface area (Å²) in [7, 11) is 1.76. The van der Waals surface area contributed by atoms with Gasteiger partial charge in [-0.25, -0.2) is 0 Å². The molecule has 1 aliphatic carbocycles. The van der Waals surface area contributed by atoms with Crippen LogP contribution in [0.4, 0.5) is 0 Å². The molecule has 1 atom stereocenters. The van der Waals surface area contributed by atoms with E-state index in [0.717, 1.165) is 24.8 Å². The SMILES string of the molecule is COc1ccc2c(c1)C(C1CCCCC1)CNC2. The maximum Gasteiger partial charge on any atom is 0.119 e. The van der Waals surface area contributed by atoms with Crippen molar-refractivity contribution in [3.63, 3.8) is 0 Å². The molecule has 18 heavy (non-hydrogen) atoms. The van der Waals surface area contributed by atoms with E-state index in [0.29, 0.717) is 5.92 Å². The summed E-state index contributed by atoms with van der Waals surface area (Å²) in [6.07, 6.45) is 7.08. The van der Waals surface area contributed by atoms with Gasteiger partial charge in [-0.3, -0.25) is 0 Å². The second-order valence-corrected chi connectivity index (χ2v) is 5.70. The molecule has 1 N–H and O–H groups in total. The third-order valence-corrected chi connectivity index (χ3v) is 4.65. The largest absolute Gasteiger partial charge is 0.497 e. The molecule has 0 saturated heterocycles. The summed E-state index contributed by atoms with van der Waals surface area (Å²) in [5.74, 6) is 2.58. The highest BCUT2D eigenvalue weighted by Gasteiger charge is 2.29. The Morgan fingerprint density at radius 3 is 2.78 bits per heavy atom. The molecular weight excluding hydrogens is 222 g/mol. The van der Waals surface area contributed by atoms with Gasteiger partial charge in [0.25, 0.3) is 0 Å². The standard InChI is InChI=1S/C16H23NO/c1-18-14-8-7-13-10-17-11-16(15(13)9-14)12-5-3-2-4-6-12/h7-9,12,16-17H,2-6,10-11H2,1H3. The van der Waals surface area contributed by atoms with Crippen LogP contribution in [0.2, 0.25) is 0 Å². The zero-order chi connectivity index (χ0) is 12.4. The Balaban J connectivity index is 1.89. The highest BCUT2D eigenvalue weighted by molar-refractivity contribution is 5.40. The fourth-order valence-corrected chi connectivity index (χ4v) is 3.64. The lowest BCUT2D eigenvalue weighted by Gasteiger charge is -2.35. The lowest BCUT2D eigenvalue weighted by atomic mass is 9.74. The minimum Gasteiger partial charge on any atom is -0.497 e. The lowest BCUT2D eigenvalue weighted by molar-refractivity contribution is 0.287. The number of nitrogens with one attached hydrogen (secondary N) is 1. The van der Waals surface area contributed by atoms with E-state index in [4.69, 9.17) is 4.74 Å². The topological polar surface area (TPSA) is 21.3 Å². The van der Waals surface area contributed by atoms with E-state index >= 15 is 0 Å². The van der Waals surface area contributed by atoms with Crippen LogP contribution in [0, 0.1) is 5.92 Å². The Labute approximate surface area is 110 Å². The van der Waals surface area contributed by atoms with Crippen LogP contribution in [-0.4, -0.2) is 13.7 Å². The van der Waals surface area contributed by atoms with Crippen molar-refractivity contribution in [1.82, 2.24) is 5.32 Å². The summed E-state index contributed by atoms with van der Waals surface area (Å²) in [5, 5.41) is 3.58.